The first-order valence-electron chi connectivity index (χ1n) is 43.9. The molecule has 0 aliphatic carbocycles. The molecule has 5 aromatic carbocycles. The van der Waals surface area contributed by atoms with Crippen LogP contribution < -0.4 is 14.2 Å². The largest absolute Gasteiger partial charge is 0.506 e. The normalized spacial score (nSPS) is 9.58. The number of allylic oxidation sites excluding steroid dienone is 7. The molecule has 0 radical (unpaired) electrons. The highest BCUT2D eigenvalue weighted by Crippen LogP contribution is 2.29. The van der Waals surface area contributed by atoms with E-state index in [0.29, 0.717) is 35.5 Å². The van der Waals surface area contributed by atoms with Crippen LogP contribution in [-0.2, 0) is 4.89 Å². The van der Waals surface area contributed by atoms with Gasteiger partial charge in [0.25, 0.3) is 0 Å². The van der Waals surface area contributed by atoms with Gasteiger partial charge in [-0.1, -0.05) is 200 Å². The Morgan fingerprint density at radius 2 is 0.594 bits per heavy atom. The number of pyridine rings is 13. The van der Waals surface area contributed by atoms with Crippen molar-refractivity contribution in [2.45, 2.75) is 107 Å². The van der Waals surface area contributed by atoms with Gasteiger partial charge in [0, 0.05) is 128 Å². The fourth-order valence-electron chi connectivity index (χ4n) is 10.8. The molecule has 13 heterocycles. The zero-order valence-corrected chi connectivity index (χ0v) is 79.4. The maximum atomic E-state index is 9.50. The molecule has 3 N–H and O–H groups in total. The minimum Gasteiger partial charge on any atom is -0.506 e. The average Bonchev–Trinajstić information content (AvgIpc) is 0.788. The van der Waals surface area contributed by atoms with Crippen LogP contribution in [0.4, 0.5) is 0 Å². The molecule has 0 saturated carbocycles. The minimum absolute atomic E-state index is 0.162. The summed E-state index contributed by atoms with van der Waals surface area (Å²) >= 11 is 3.31. The van der Waals surface area contributed by atoms with E-state index in [9.17, 15) is 15.3 Å². The smallest absolute Gasteiger partial charge is 0.236 e. The number of hydrogen-bond acceptors (Lipinski definition) is 18. The Morgan fingerprint density at radius 3 is 1.00 bits per heavy atom. The molecule has 19 nitrogen and oxygen atoms in total. The number of ether oxygens (including phenoxy) is 1. The summed E-state index contributed by atoms with van der Waals surface area (Å²) in [5.41, 5.74) is 12.2. The minimum atomic E-state index is 0.162. The Kier molecular flexibility index (Phi) is 53.6. The first kappa shape index (κ1) is 108. The number of rotatable bonds is 16. The summed E-state index contributed by atoms with van der Waals surface area (Å²) in [5.74, 6) is 1.95. The lowest BCUT2D eigenvalue weighted by Crippen LogP contribution is -2.33. The summed E-state index contributed by atoms with van der Waals surface area (Å²) in [7, 11) is 0. The number of phenolic OH excluding ortho intramolecular Hbond substituents is 3. The van der Waals surface area contributed by atoms with Gasteiger partial charge < -0.3 is 24.9 Å². The molecule has 18 rings (SSSR count). The molecule has 18 aromatic rings. The van der Waals surface area contributed by atoms with Crippen molar-refractivity contribution in [1.82, 2.24) is 59.8 Å². The molecule has 13 aromatic heterocycles. The summed E-state index contributed by atoms with van der Waals surface area (Å²) in [6.07, 6.45) is 43.7. The van der Waals surface area contributed by atoms with E-state index in [2.05, 4.69) is 217 Å². The summed E-state index contributed by atoms with van der Waals surface area (Å²) in [5, 5.41) is 35.3. The first-order valence-corrected chi connectivity index (χ1v) is 44.7. The summed E-state index contributed by atoms with van der Waals surface area (Å²) in [6.45, 7) is 43.7. The molecule has 0 saturated heterocycles. The molecule has 0 bridgehead atoms. The van der Waals surface area contributed by atoms with Crippen molar-refractivity contribution < 1.29 is 34.4 Å². The number of benzene rings is 5. The first-order chi connectivity index (χ1) is 65.1. The number of fused-ring (bicyclic) bond motifs is 9. The van der Waals surface area contributed by atoms with Crippen LogP contribution in [0.1, 0.15) is 107 Å². The Balaban J connectivity index is 0.000000264. The fraction of sp³-hybridized carbons (Fsp3) is 0.159. The third kappa shape index (κ3) is 38.8. The number of nitrogens with zero attached hydrogens (tertiary/aromatic N) is 13. The van der Waals surface area contributed by atoms with Crippen molar-refractivity contribution >= 4 is 92.3 Å². The highest BCUT2D eigenvalue weighted by molar-refractivity contribution is 9.10. The molecule has 0 unspecified atom stereocenters. The van der Waals surface area contributed by atoms with Crippen LogP contribution in [0.2, 0.25) is 0 Å². The van der Waals surface area contributed by atoms with E-state index >= 15 is 0 Å². The monoisotopic (exact) mass is 1840 g/mol. The van der Waals surface area contributed by atoms with Crippen molar-refractivity contribution in [1.29, 1.82) is 0 Å². The van der Waals surface area contributed by atoms with Gasteiger partial charge in [-0.3, -0.25) is 49.8 Å². The third-order valence-corrected chi connectivity index (χ3v) is 18.0. The van der Waals surface area contributed by atoms with Crippen molar-refractivity contribution in [3.8, 4) is 68.6 Å². The maximum Gasteiger partial charge on any atom is 0.236 e. The van der Waals surface area contributed by atoms with Gasteiger partial charge in [0.2, 0.25) is 11.4 Å². The Hall–Kier alpha value is -15.5. The van der Waals surface area contributed by atoms with Gasteiger partial charge >= 0.3 is 0 Å². The van der Waals surface area contributed by atoms with Crippen LogP contribution in [-0.4, -0.2) is 88.3 Å². The number of aromatic hydroxyl groups is 3. The van der Waals surface area contributed by atoms with Crippen LogP contribution in [0, 0.1) is 0 Å². The van der Waals surface area contributed by atoms with Gasteiger partial charge in [0.05, 0.1) is 70.4 Å². The number of para-hydroxylation sites is 3. The van der Waals surface area contributed by atoms with Crippen LogP contribution in [0.3, 0.4) is 0 Å². The van der Waals surface area contributed by atoms with E-state index in [1.54, 1.807) is 104 Å². The van der Waals surface area contributed by atoms with Crippen molar-refractivity contribution in [2.75, 3.05) is 13.2 Å². The zero-order valence-electron chi connectivity index (χ0n) is 77.8. The van der Waals surface area contributed by atoms with E-state index in [4.69, 9.17) is 14.5 Å². The molecule has 0 aliphatic heterocycles. The van der Waals surface area contributed by atoms with E-state index in [1.807, 2.05) is 233 Å². The number of aromatic nitrogens is 13. The molecule has 0 spiro atoms. The van der Waals surface area contributed by atoms with Gasteiger partial charge in [-0.05, 0) is 190 Å². The van der Waals surface area contributed by atoms with E-state index in [1.165, 1.54) is 6.20 Å². The standard InChI is InChI=1S/C20H15N4.C14H12N2O.C12H8N2.C11H11NO3.C10H8N2.C9H6BrNO.C9H7NO.7C4H8/c1-4-11-21-17(7-1)19-15-16(10-13-23-19)24-14-6-3-9-20(24)18-8-2-5-12-22-18;1-2-17-12-8-11-6-5-10-4-3-7-15-13(10)14(11)16-9-12;1-3-9-5-6-10-4-2-8-14-12(10)11(9)13-7-1;1-2-14-15-9-6-8-4-3-5-10(13)11(8)12-7-9;1-3-7-11-9(5-1)10-6-2-4-8-12-10;10-7-4-6-2-1-3-8(12)9(6)11-5-7;11-8-5-1-3-7-4-2-6-10-9(7)8;7*1-3-4-2/h1-15H;3-9H,2H2,1H3;1-8H;3-7,13H,2H2,1H3;1-8H;1-5,12H;1-6,11H;7*3H,1,4H2,2H3/q+1;;;;;;;;;;;;;. The second-order valence-electron chi connectivity index (χ2n) is 27.5. The highest BCUT2D eigenvalue weighted by atomic mass is 79.9. The number of halogens is 1. The fourth-order valence-corrected chi connectivity index (χ4v) is 11.1. The Labute approximate surface area is 792 Å². The predicted molar refractivity (Wildman–Crippen MR) is 559 cm³/mol. The summed E-state index contributed by atoms with van der Waals surface area (Å²) < 4.78 is 8.47. The molecule has 0 aliphatic rings. The average molecular weight is 1840 g/mol. The Morgan fingerprint density at radius 1 is 0.278 bits per heavy atom. The van der Waals surface area contributed by atoms with Crippen molar-refractivity contribution in [3.63, 3.8) is 0 Å². The molecular formula is C113H123BrN13O6+. The van der Waals surface area contributed by atoms with Crippen LogP contribution in [0.15, 0.2) is 422 Å². The van der Waals surface area contributed by atoms with E-state index in [-0.39, 0.29) is 17.2 Å². The molecular weight excluding hydrogens is 1720 g/mol. The number of hydrogen-bond donors (Lipinski definition) is 3. The van der Waals surface area contributed by atoms with E-state index in [0.717, 1.165) is 155 Å². The quantitative estimate of drug-likeness (QED) is 0.0267. The SMILES string of the molecule is C=CCC.C=CCC.C=CCC.C=CCC.C=CCC.C=CCC.C=CCC.CCOOc1cnc2c(O)cccc2c1.CCOc1cnc2c(ccc3cccnc32)c1.Oc1cccc2cc(Br)cnc12.Oc1cccc2cccnc12.c1ccc(-c2cc(-[n+]3ccccc3-c3ccccn3)ccn2)nc1.c1ccc(-c2ccccn2)nc1.c1cnc2c(c1)ccc1cccnc12. The molecule has 20 heteroatoms. The maximum absolute atomic E-state index is 9.50. The molecule has 0 atom stereocenters. The summed E-state index contributed by atoms with van der Waals surface area (Å²) in [4.78, 5) is 61.1. The highest BCUT2D eigenvalue weighted by Gasteiger charge is 2.18. The summed E-state index contributed by atoms with van der Waals surface area (Å²) in [6, 6.07) is 79.0. The lowest BCUT2D eigenvalue weighted by atomic mass is 10.1. The van der Waals surface area contributed by atoms with Crippen LogP contribution in [0.5, 0.6) is 28.7 Å². The molecule has 682 valence electrons. The lowest BCUT2D eigenvalue weighted by molar-refractivity contribution is -0.584. The van der Waals surface area contributed by atoms with Crippen molar-refractivity contribution in [3.05, 3.63) is 422 Å². The van der Waals surface area contributed by atoms with Crippen LogP contribution in [0.25, 0.3) is 116 Å². The molecule has 0 amide bonds. The second kappa shape index (κ2) is 66.0. The lowest BCUT2D eigenvalue weighted by Gasteiger charge is -2.05. The predicted octanol–water partition coefficient (Wildman–Crippen LogP) is 29.6. The van der Waals surface area contributed by atoms with Crippen molar-refractivity contribution in [2.24, 2.45) is 0 Å². The topological polar surface area (TPSA) is 247 Å². The Bertz CT molecular complexity index is 6230. The van der Waals surface area contributed by atoms with Gasteiger partial charge in [0.1, 0.15) is 45.2 Å². The van der Waals surface area contributed by atoms with Gasteiger partial charge in [-0.2, -0.15) is 9.45 Å². The second-order valence-corrected chi connectivity index (χ2v) is 28.4. The molecule has 133 heavy (non-hydrogen) atoms. The van der Waals surface area contributed by atoms with Gasteiger partial charge in [-0.15, -0.1) is 46.1 Å². The number of phenols is 3. The third-order valence-electron chi connectivity index (χ3n) is 17.6. The van der Waals surface area contributed by atoms with Gasteiger partial charge in [-0.25, -0.2) is 9.97 Å². The van der Waals surface area contributed by atoms with Crippen LogP contribution >= 0.6 is 15.9 Å². The van der Waals surface area contributed by atoms with E-state index < -0.39 is 0 Å². The molecule has 0 fully saturated rings. The zero-order chi connectivity index (χ0) is 96.3. The van der Waals surface area contributed by atoms with Gasteiger partial charge in [0.15, 0.2) is 11.9 Å².